The molecule has 0 radical (unpaired) electrons. The molecule has 0 aliphatic heterocycles. The summed E-state index contributed by atoms with van der Waals surface area (Å²) >= 11 is 0. The molecular weight excluding hydrogens is 250 g/mol. The summed E-state index contributed by atoms with van der Waals surface area (Å²) in [5.74, 6) is -2.63. The smallest absolute Gasteiger partial charge is 0.325 e. The van der Waals surface area contributed by atoms with E-state index in [1.807, 2.05) is 6.92 Å². The first-order valence-electron chi connectivity index (χ1n) is 6.45. The third-order valence-electron chi connectivity index (χ3n) is 3.84. The lowest BCUT2D eigenvalue weighted by Gasteiger charge is -2.22. The van der Waals surface area contributed by atoms with Gasteiger partial charge in [-0.1, -0.05) is 13.3 Å². The molecule has 1 amide bonds. The van der Waals surface area contributed by atoms with Crippen LogP contribution in [0.2, 0.25) is 0 Å². The molecule has 0 saturated heterocycles. The second-order valence-electron chi connectivity index (χ2n) is 5.07. The molecule has 1 fully saturated rings. The predicted octanol–water partition coefficient (Wildman–Crippen LogP) is 0.755. The van der Waals surface area contributed by atoms with Crippen molar-refractivity contribution in [2.75, 3.05) is 20.7 Å². The molecule has 0 aromatic rings. The maximum absolute atomic E-state index is 12.2. The van der Waals surface area contributed by atoms with Crippen LogP contribution in [0.5, 0.6) is 0 Å². The minimum absolute atomic E-state index is 0.144. The van der Waals surface area contributed by atoms with Crippen molar-refractivity contribution < 1.29 is 24.2 Å². The van der Waals surface area contributed by atoms with Crippen LogP contribution in [0.4, 0.5) is 0 Å². The number of likely N-dealkylation sites (N-methyl/N-ethyl adjacent to an activating group) is 1. The minimum Gasteiger partial charge on any atom is -0.481 e. The van der Waals surface area contributed by atoms with Gasteiger partial charge in [-0.05, 0) is 18.8 Å². The Hall–Kier alpha value is -1.59. The third-order valence-corrected chi connectivity index (χ3v) is 3.84. The van der Waals surface area contributed by atoms with E-state index in [2.05, 4.69) is 4.74 Å². The van der Waals surface area contributed by atoms with Crippen LogP contribution in [-0.2, 0) is 19.1 Å². The van der Waals surface area contributed by atoms with Gasteiger partial charge in [-0.2, -0.15) is 0 Å². The van der Waals surface area contributed by atoms with Crippen molar-refractivity contribution in [3.63, 3.8) is 0 Å². The molecule has 6 heteroatoms. The van der Waals surface area contributed by atoms with Crippen molar-refractivity contribution in [1.82, 2.24) is 4.90 Å². The molecule has 0 heterocycles. The van der Waals surface area contributed by atoms with E-state index in [0.717, 1.165) is 6.42 Å². The average molecular weight is 271 g/mol. The highest BCUT2D eigenvalue weighted by Crippen LogP contribution is 2.39. The highest BCUT2D eigenvalue weighted by atomic mass is 16.5. The van der Waals surface area contributed by atoms with E-state index in [1.54, 1.807) is 0 Å². The number of esters is 1. The van der Waals surface area contributed by atoms with Crippen LogP contribution in [0.25, 0.3) is 0 Å². The van der Waals surface area contributed by atoms with E-state index >= 15 is 0 Å². The molecule has 0 aromatic carbocycles. The van der Waals surface area contributed by atoms with Crippen LogP contribution in [0.1, 0.15) is 26.2 Å². The Morgan fingerprint density at radius 3 is 2.32 bits per heavy atom. The molecule has 3 unspecified atom stereocenters. The third kappa shape index (κ3) is 3.68. The van der Waals surface area contributed by atoms with Gasteiger partial charge in [0.25, 0.3) is 0 Å². The number of rotatable bonds is 5. The first-order valence-corrected chi connectivity index (χ1v) is 6.45. The van der Waals surface area contributed by atoms with Crippen molar-refractivity contribution in [3.05, 3.63) is 0 Å². The van der Waals surface area contributed by atoms with Gasteiger partial charge in [0.05, 0.1) is 18.9 Å². The van der Waals surface area contributed by atoms with E-state index in [1.165, 1.54) is 19.1 Å². The van der Waals surface area contributed by atoms with Crippen molar-refractivity contribution >= 4 is 17.8 Å². The van der Waals surface area contributed by atoms with Crippen LogP contribution < -0.4 is 0 Å². The van der Waals surface area contributed by atoms with Gasteiger partial charge >= 0.3 is 11.9 Å². The first-order chi connectivity index (χ1) is 8.90. The van der Waals surface area contributed by atoms with E-state index in [9.17, 15) is 19.5 Å². The van der Waals surface area contributed by atoms with E-state index in [4.69, 9.17) is 0 Å². The number of carboxylic acids is 1. The lowest BCUT2D eigenvalue weighted by Crippen LogP contribution is -2.39. The molecular formula is C13H21NO5. The van der Waals surface area contributed by atoms with Crippen LogP contribution in [0.15, 0.2) is 0 Å². The fraction of sp³-hybridized carbons (Fsp3) is 0.769. The number of amides is 1. The van der Waals surface area contributed by atoms with Gasteiger partial charge in [0.1, 0.15) is 6.54 Å². The summed E-state index contributed by atoms with van der Waals surface area (Å²) in [5.41, 5.74) is 0. The Morgan fingerprint density at radius 2 is 1.84 bits per heavy atom. The molecule has 3 atom stereocenters. The largest absolute Gasteiger partial charge is 0.481 e. The lowest BCUT2D eigenvalue weighted by molar-refractivity contribution is -0.151. The first kappa shape index (κ1) is 15.5. The fourth-order valence-corrected chi connectivity index (χ4v) is 2.64. The molecule has 108 valence electrons. The number of carboxylic acid groups (broad SMARTS) is 1. The molecule has 1 N–H and O–H groups in total. The van der Waals surface area contributed by atoms with E-state index < -0.39 is 23.8 Å². The summed E-state index contributed by atoms with van der Waals surface area (Å²) in [6.07, 6.45) is 1.99. The molecule has 0 spiro atoms. The maximum atomic E-state index is 12.2. The average Bonchev–Trinajstić information content (AvgIpc) is 2.81. The van der Waals surface area contributed by atoms with Crippen LogP contribution >= 0.6 is 0 Å². The van der Waals surface area contributed by atoms with Crippen LogP contribution in [-0.4, -0.2) is 48.6 Å². The topological polar surface area (TPSA) is 83.9 Å². The van der Waals surface area contributed by atoms with Gasteiger partial charge in [0, 0.05) is 7.05 Å². The van der Waals surface area contributed by atoms with Gasteiger partial charge < -0.3 is 14.7 Å². The van der Waals surface area contributed by atoms with Crippen molar-refractivity contribution in [2.24, 2.45) is 17.8 Å². The molecule has 1 aliphatic rings. The van der Waals surface area contributed by atoms with Gasteiger partial charge in [0.15, 0.2) is 0 Å². The Morgan fingerprint density at radius 1 is 1.26 bits per heavy atom. The van der Waals surface area contributed by atoms with Gasteiger partial charge in [0.2, 0.25) is 5.91 Å². The summed E-state index contributed by atoms with van der Waals surface area (Å²) in [6.45, 7) is 1.85. The van der Waals surface area contributed by atoms with Gasteiger partial charge in [-0.15, -0.1) is 0 Å². The molecule has 6 nitrogen and oxygen atoms in total. The number of methoxy groups -OCH3 is 1. The number of carbonyl (C=O) groups is 3. The molecule has 1 aliphatic carbocycles. The highest BCUT2D eigenvalue weighted by molar-refractivity contribution is 5.87. The standard InChI is InChI=1S/C13H21NO5/c1-4-8-5-9(10(6-8)13(17)18)12(16)14(2)7-11(15)19-3/h8-10H,4-7H2,1-3H3,(H,17,18). The summed E-state index contributed by atoms with van der Waals surface area (Å²) in [5, 5.41) is 9.19. The quantitative estimate of drug-likeness (QED) is 0.746. The summed E-state index contributed by atoms with van der Waals surface area (Å²) in [7, 11) is 2.75. The second kappa shape index (κ2) is 6.54. The van der Waals surface area contributed by atoms with Crippen molar-refractivity contribution in [1.29, 1.82) is 0 Å². The Kier molecular flexibility index (Phi) is 5.32. The number of hydrogen-bond acceptors (Lipinski definition) is 4. The monoisotopic (exact) mass is 271 g/mol. The second-order valence-corrected chi connectivity index (χ2v) is 5.07. The number of carbonyl (C=O) groups excluding carboxylic acids is 2. The van der Waals surface area contributed by atoms with Crippen LogP contribution in [0, 0.1) is 17.8 Å². The highest BCUT2D eigenvalue weighted by Gasteiger charge is 2.43. The maximum Gasteiger partial charge on any atom is 0.325 e. The number of hydrogen-bond donors (Lipinski definition) is 1. The molecule has 1 saturated carbocycles. The lowest BCUT2D eigenvalue weighted by atomic mass is 9.95. The normalized spacial score (nSPS) is 25.9. The minimum atomic E-state index is -0.930. The molecule has 0 bridgehead atoms. The van der Waals surface area contributed by atoms with Crippen molar-refractivity contribution in [2.45, 2.75) is 26.2 Å². The Balaban J connectivity index is 2.73. The summed E-state index contributed by atoms with van der Waals surface area (Å²) < 4.78 is 4.50. The molecule has 0 aromatic heterocycles. The Labute approximate surface area is 112 Å². The summed E-state index contributed by atoms with van der Waals surface area (Å²) in [6, 6.07) is 0. The number of aliphatic carboxylic acids is 1. The van der Waals surface area contributed by atoms with Crippen molar-refractivity contribution in [3.8, 4) is 0 Å². The summed E-state index contributed by atoms with van der Waals surface area (Å²) in [4.78, 5) is 35.8. The van der Waals surface area contributed by atoms with Gasteiger partial charge in [-0.25, -0.2) is 0 Å². The zero-order valence-corrected chi connectivity index (χ0v) is 11.6. The zero-order valence-electron chi connectivity index (χ0n) is 11.6. The SMILES string of the molecule is CCC1CC(C(=O)O)C(C(=O)N(C)CC(=O)OC)C1. The fourth-order valence-electron chi connectivity index (χ4n) is 2.64. The predicted molar refractivity (Wildman–Crippen MR) is 67.3 cm³/mol. The van der Waals surface area contributed by atoms with Crippen LogP contribution in [0.3, 0.4) is 0 Å². The number of ether oxygens (including phenoxy) is 1. The molecule has 1 rings (SSSR count). The van der Waals surface area contributed by atoms with E-state index in [-0.39, 0.29) is 18.4 Å². The number of nitrogens with zero attached hydrogens (tertiary/aromatic N) is 1. The van der Waals surface area contributed by atoms with E-state index in [0.29, 0.717) is 12.8 Å². The Bertz CT molecular complexity index is 368. The van der Waals surface area contributed by atoms with Gasteiger partial charge in [-0.3, -0.25) is 14.4 Å². The zero-order chi connectivity index (χ0) is 14.6. The molecule has 19 heavy (non-hydrogen) atoms.